The number of urea groups is 1. The van der Waals surface area contributed by atoms with E-state index in [0.717, 1.165) is 11.3 Å². The molecule has 2 aromatic rings. The predicted octanol–water partition coefficient (Wildman–Crippen LogP) is 5.24. The van der Waals surface area contributed by atoms with E-state index in [1.54, 1.807) is 11.9 Å². The number of hydrogen-bond acceptors (Lipinski definition) is 2. The Balaban J connectivity index is 1.83. The first kappa shape index (κ1) is 19.0. The van der Waals surface area contributed by atoms with Gasteiger partial charge in [-0.15, -0.1) is 0 Å². The van der Waals surface area contributed by atoms with Gasteiger partial charge in [-0.05, 0) is 37.1 Å². The van der Waals surface area contributed by atoms with Gasteiger partial charge in [0.05, 0.1) is 18.5 Å². The molecule has 1 saturated carbocycles. The van der Waals surface area contributed by atoms with Gasteiger partial charge in [-0.2, -0.15) is 5.06 Å². The van der Waals surface area contributed by atoms with Crippen molar-refractivity contribution in [2.24, 2.45) is 5.92 Å². The van der Waals surface area contributed by atoms with Gasteiger partial charge in [-0.3, -0.25) is 9.74 Å². The Bertz CT molecular complexity index is 817. The second-order valence-electron chi connectivity index (χ2n) is 6.78. The number of hydrogen-bond donors (Lipinski definition) is 0. The third-order valence-corrected chi connectivity index (χ3v) is 4.92. The van der Waals surface area contributed by atoms with E-state index in [9.17, 15) is 4.79 Å². The van der Waals surface area contributed by atoms with Crippen LogP contribution >= 0.6 is 0 Å². The Kier molecular flexibility index (Phi) is 6.51. The van der Waals surface area contributed by atoms with Crippen molar-refractivity contribution in [1.82, 2.24) is 0 Å². The summed E-state index contributed by atoms with van der Waals surface area (Å²) in [5.74, 6) is 7.19. The van der Waals surface area contributed by atoms with Crippen LogP contribution in [0.3, 0.4) is 0 Å². The molecule has 0 heterocycles. The molecule has 0 aromatic heterocycles. The molecule has 2 aromatic carbocycles. The monoisotopic (exact) mass is 362 g/mol. The van der Waals surface area contributed by atoms with Gasteiger partial charge in [-0.1, -0.05) is 61.4 Å². The van der Waals surface area contributed by atoms with Crippen LogP contribution < -0.4 is 9.96 Å². The van der Waals surface area contributed by atoms with E-state index in [4.69, 9.17) is 4.84 Å². The predicted molar refractivity (Wildman–Crippen MR) is 110 cm³/mol. The smallest absolute Gasteiger partial charge is 0.294 e. The first-order chi connectivity index (χ1) is 13.2. The minimum absolute atomic E-state index is 0.268. The number of amides is 2. The number of nitrogens with zero attached hydrogens (tertiary/aromatic N) is 2. The van der Waals surface area contributed by atoms with Gasteiger partial charge in [-0.25, -0.2) is 4.79 Å². The van der Waals surface area contributed by atoms with Crippen molar-refractivity contribution in [2.45, 2.75) is 32.1 Å². The first-order valence-electron chi connectivity index (χ1n) is 9.48. The van der Waals surface area contributed by atoms with Crippen molar-refractivity contribution in [1.29, 1.82) is 0 Å². The lowest BCUT2D eigenvalue weighted by Gasteiger charge is -2.26. The maximum Gasteiger partial charge on any atom is 0.352 e. The molecule has 3 rings (SSSR count). The fourth-order valence-corrected chi connectivity index (χ4v) is 3.40. The molecule has 2 amide bonds. The summed E-state index contributed by atoms with van der Waals surface area (Å²) in [4.78, 5) is 19.9. The number of carbonyl (C=O) groups is 1. The molecule has 1 fully saturated rings. The summed E-state index contributed by atoms with van der Waals surface area (Å²) in [7, 11) is 3.24. The highest BCUT2D eigenvalue weighted by Gasteiger charge is 2.22. The van der Waals surface area contributed by atoms with Crippen LogP contribution in [-0.2, 0) is 4.84 Å². The highest BCUT2D eigenvalue weighted by atomic mass is 16.7. The van der Waals surface area contributed by atoms with Gasteiger partial charge in [0.2, 0.25) is 0 Å². The molecule has 4 nitrogen and oxygen atoms in total. The van der Waals surface area contributed by atoms with Crippen LogP contribution in [0.1, 0.15) is 37.7 Å². The fourth-order valence-electron chi connectivity index (χ4n) is 3.40. The summed E-state index contributed by atoms with van der Waals surface area (Å²) in [6.45, 7) is 0. The van der Waals surface area contributed by atoms with E-state index < -0.39 is 0 Å². The molecule has 0 saturated heterocycles. The molecule has 1 aliphatic rings. The summed E-state index contributed by atoms with van der Waals surface area (Å²) in [5, 5.41) is 1.28. The van der Waals surface area contributed by atoms with Gasteiger partial charge in [0, 0.05) is 18.5 Å². The molecule has 0 aliphatic heterocycles. The molecule has 4 heteroatoms. The van der Waals surface area contributed by atoms with Gasteiger partial charge in [0.15, 0.2) is 0 Å². The van der Waals surface area contributed by atoms with Crippen molar-refractivity contribution in [3.8, 4) is 11.8 Å². The first-order valence-corrected chi connectivity index (χ1v) is 9.48. The molecule has 0 radical (unpaired) electrons. The molecule has 0 atom stereocenters. The van der Waals surface area contributed by atoms with Crippen LogP contribution in [0.4, 0.5) is 16.2 Å². The van der Waals surface area contributed by atoms with Gasteiger partial charge < -0.3 is 0 Å². The SMILES string of the molecule is CON(C(=O)N(C)c1ccccc1C#CC1CCCCC1)c1ccccc1. The van der Waals surface area contributed by atoms with Crippen molar-refractivity contribution < 1.29 is 9.63 Å². The van der Waals surface area contributed by atoms with Crippen LogP contribution in [-0.4, -0.2) is 20.2 Å². The lowest BCUT2D eigenvalue weighted by Crippen LogP contribution is -2.41. The maximum absolute atomic E-state index is 13.0. The standard InChI is InChI=1S/C23H26N2O2/c1-24(23(26)25(27-2)21-14-7-4-8-15-21)22-16-10-9-13-20(22)18-17-19-11-5-3-6-12-19/h4,7-10,13-16,19H,3,5-6,11-12H2,1-2H3. The zero-order valence-corrected chi connectivity index (χ0v) is 16.0. The number of para-hydroxylation sites is 2. The number of hydroxylamine groups is 1. The molecular weight excluding hydrogens is 336 g/mol. The average molecular weight is 362 g/mol. The quantitative estimate of drug-likeness (QED) is 0.552. The third-order valence-electron chi connectivity index (χ3n) is 4.92. The van der Waals surface area contributed by atoms with E-state index >= 15 is 0 Å². The molecular formula is C23H26N2O2. The van der Waals surface area contributed by atoms with Crippen molar-refractivity contribution >= 4 is 17.4 Å². The van der Waals surface area contributed by atoms with Crippen LogP contribution in [0.2, 0.25) is 0 Å². The van der Waals surface area contributed by atoms with E-state index in [1.807, 2.05) is 54.6 Å². The molecule has 0 N–H and O–H groups in total. The zero-order valence-electron chi connectivity index (χ0n) is 16.0. The Morgan fingerprint density at radius 3 is 2.37 bits per heavy atom. The maximum atomic E-state index is 13.0. The van der Waals surface area contributed by atoms with Crippen LogP contribution in [0, 0.1) is 17.8 Å². The Morgan fingerprint density at radius 1 is 1.00 bits per heavy atom. The minimum atomic E-state index is -0.268. The Morgan fingerprint density at radius 2 is 1.67 bits per heavy atom. The lowest BCUT2D eigenvalue weighted by atomic mass is 9.89. The van der Waals surface area contributed by atoms with E-state index in [0.29, 0.717) is 11.6 Å². The minimum Gasteiger partial charge on any atom is -0.294 e. The van der Waals surface area contributed by atoms with Gasteiger partial charge in [0.1, 0.15) is 0 Å². The molecule has 0 unspecified atom stereocenters. The molecule has 1 aliphatic carbocycles. The Hall–Kier alpha value is -2.77. The van der Waals surface area contributed by atoms with Crippen molar-refractivity contribution in [3.05, 3.63) is 60.2 Å². The summed E-state index contributed by atoms with van der Waals surface area (Å²) < 4.78 is 0. The average Bonchev–Trinajstić information content (AvgIpc) is 2.74. The van der Waals surface area contributed by atoms with E-state index in [-0.39, 0.29) is 6.03 Å². The number of rotatable bonds is 3. The number of carbonyl (C=O) groups excluding carboxylic acids is 1. The van der Waals surface area contributed by atoms with Gasteiger partial charge in [0.25, 0.3) is 0 Å². The van der Waals surface area contributed by atoms with Crippen LogP contribution in [0.25, 0.3) is 0 Å². The van der Waals surface area contributed by atoms with E-state index in [1.165, 1.54) is 44.3 Å². The number of anilines is 2. The summed E-state index contributed by atoms with van der Waals surface area (Å²) >= 11 is 0. The molecule has 0 spiro atoms. The van der Waals surface area contributed by atoms with Crippen LogP contribution in [0.5, 0.6) is 0 Å². The molecule has 0 bridgehead atoms. The van der Waals surface area contributed by atoms with Crippen molar-refractivity contribution in [2.75, 3.05) is 24.1 Å². The highest BCUT2D eigenvalue weighted by Crippen LogP contribution is 2.25. The summed E-state index contributed by atoms with van der Waals surface area (Å²) in [5.41, 5.74) is 2.33. The number of benzene rings is 2. The van der Waals surface area contributed by atoms with Gasteiger partial charge >= 0.3 is 6.03 Å². The summed E-state index contributed by atoms with van der Waals surface area (Å²) in [6.07, 6.45) is 6.20. The van der Waals surface area contributed by atoms with E-state index in [2.05, 4.69) is 11.8 Å². The fraction of sp³-hybridized carbons (Fsp3) is 0.348. The topological polar surface area (TPSA) is 32.8 Å². The lowest BCUT2D eigenvalue weighted by molar-refractivity contribution is 0.167. The molecule has 140 valence electrons. The molecule has 27 heavy (non-hydrogen) atoms. The third kappa shape index (κ3) is 4.69. The van der Waals surface area contributed by atoms with Crippen molar-refractivity contribution in [3.63, 3.8) is 0 Å². The second kappa shape index (κ2) is 9.25. The highest BCUT2D eigenvalue weighted by molar-refractivity contribution is 6.02. The summed E-state index contributed by atoms with van der Waals surface area (Å²) in [6, 6.07) is 16.8. The second-order valence-corrected chi connectivity index (χ2v) is 6.78. The Labute approximate surface area is 161 Å². The largest absolute Gasteiger partial charge is 0.352 e. The normalized spacial score (nSPS) is 14.1. The van der Waals surface area contributed by atoms with Crippen LogP contribution in [0.15, 0.2) is 54.6 Å². The zero-order chi connectivity index (χ0) is 19.1.